The summed E-state index contributed by atoms with van der Waals surface area (Å²) in [4.78, 5) is 38.8. The van der Waals surface area contributed by atoms with Gasteiger partial charge in [0.1, 0.15) is 42.7 Å². The Labute approximate surface area is 305 Å². The van der Waals surface area contributed by atoms with Crippen molar-refractivity contribution in [3.05, 3.63) is 12.2 Å². The summed E-state index contributed by atoms with van der Waals surface area (Å²) < 4.78 is 58.6. The highest BCUT2D eigenvalue weighted by molar-refractivity contribution is 5.91. The van der Waals surface area contributed by atoms with Crippen LogP contribution in [0.25, 0.3) is 0 Å². The minimum absolute atomic E-state index is 0.0734. The van der Waals surface area contributed by atoms with E-state index in [9.17, 15) is 24.6 Å². The molecule has 5 heterocycles. The molecule has 15 nitrogen and oxygen atoms in total. The number of hydrogen-bond acceptors (Lipinski definition) is 15. The molecule has 296 valence electrons. The zero-order valence-electron chi connectivity index (χ0n) is 31.7. The molecule has 18 atom stereocenters. The SMILES string of the molecule is COC1C(OCC2C(C)OC(=O)CCC(C)C(OC3OC(C)CC4(OC(=O)OC4C)C3O)C(C)CC(C)C(=O)C=CC3OC32)OC(C)C(O)C1OC. The van der Waals surface area contributed by atoms with E-state index in [1.807, 2.05) is 27.7 Å². The van der Waals surface area contributed by atoms with Crippen molar-refractivity contribution in [2.75, 3.05) is 20.8 Å². The fraction of sp³-hybridized carbons (Fsp3) is 0.865. The minimum Gasteiger partial charge on any atom is -0.462 e. The first-order valence-corrected chi connectivity index (χ1v) is 18.6. The lowest BCUT2D eigenvalue weighted by molar-refractivity contribution is -0.310. The van der Waals surface area contributed by atoms with E-state index in [2.05, 4.69) is 0 Å². The molecule has 52 heavy (non-hydrogen) atoms. The van der Waals surface area contributed by atoms with Crippen molar-refractivity contribution in [1.29, 1.82) is 0 Å². The van der Waals surface area contributed by atoms with Gasteiger partial charge in [-0.25, -0.2) is 4.79 Å². The number of hydrogen-bond donors (Lipinski definition) is 2. The molecule has 0 aromatic rings. The molecule has 5 rings (SSSR count). The molecule has 2 N–H and O–H groups in total. The first-order valence-electron chi connectivity index (χ1n) is 18.6. The number of epoxide rings is 1. The fourth-order valence-electron chi connectivity index (χ4n) is 8.26. The van der Waals surface area contributed by atoms with Crippen LogP contribution >= 0.6 is 0 Å². The van der Waals surface area contributed by atoms with Gasteiger partial charge in [-0.05, 0) is 64.5 Å². The van der Waals surface area contributed by atoms with Crippen LogP contribution in [0.15, 0.2) is 12.2 Å². The van der Waals surface area contributed by atoms with Crippen LogP contribution < -0.4 is 0 Å². The van der Waals surface area contributed by atoms with Crippen LogP contribution in [0, 0.1) is 23.7 Å². The predicted molar refractivity (Wildman–Crippen MR) is 181 cm³/mol. The van der Waals surface area contributed by atoms with Crippen molar-refractivity contribution in [2.45, 2.75) is 159 Å². The molecule has 0 bridgehead atoms. The van der Waals surface area contributed by atoms with E-state index in [0.717, 1.165) is 0 Å². The van der Waals surface area contributed by atoms with E-state index >= 15 is 0 Å². The predicted octanol–water partition coefficient (Wildman–Crippen LogP) is 2.85. The zero-order valence-corrected chi connectivity index (χ0v) is 31.7. The van der Waals surface area contributed by atoms with E-state index in [0.29, 0.717) is 12.8 Å². The Morgan fingerprint density at radius 2 is 1.56 bits per heavy atom. The highest BCUT2D eigenvalue weighted by Gasteiger charge is 2.61. The number of methoxy groups -OCH3 is 2. The number of carbonyl (C=O) groups is 3. The smallest absolute Gasteiger partial charge is 0.462 e. The monoisotopic (exact) mass is 742 g/mol. The van der Waals surface area contributed by atoms with E-state index < -0.39 is 91.2 Å². The van der Waals surface area contributed by atoms with Crippen molar-refractivity contribution in [1.82, 2.24) is 0 Å². The average molecular weight is 743 g/mol. The van der Waals surface area contributed by atoms with Crippen LogP contribution in [0.4, 0.5) is 4.79 Å². The molecule has 0 amide bonds. The number of rotatable bonds is 7. The number of ether oxygens (including phenoxy) is 10. The number of fused-ring (bicyclic) bond motifs is 1. The average Bonchev–Trinajstić information content (AvgIpc) is 3.79. The van der Waals surface area contributed by atoms with E-state index in [1.165, 1.54) is 20.3 Å². The van der Waals surface area contributed by atoms with Crippen LogP contribution in [0.3, 0.4) is 0 Å². The van der Waals surface area contributed by atoms with Gasteiger partial charge in [0.25, 0.3) is 0 Å². The number of carbonyl (C=O) groups excluding carboxylic acids is 3. The summed E-state index contributed by atoms with van der Waals surface area (Å²) in [6.07, 6.45) is -5.79. The van der Waals surface area contributed by atoms with Gasteiger partial charge in [-0.1, -0.05) is 20.8 Å². The molecule has 5 aliphatic heterocycles. The number of ketones is 1. The number of esters is 1. The summed E-state index contributed by atoms with van der Waals surface area (Å²) in [5, 5.41) is 22.1. The maximum atomic E-state index is 13.4. The van der Waals surface area contributed by atoms with Crippen LogP contribution in [-0.4, -0.2) is 134 Å². The van der Waals surface area contributed by atoms with E-state index in [1.54, 1.807) is 26.8 Å². The highest BCUT2D eigenvalue weighted by atomic mass is 16.8. The van der Waals surface area contributed by atoms with Gasteiger partial charge in [0, 0.05) is 38.9 Å². The molecule has 4 saturated heterocycles. The minimum atomic E-state index is -1.34. The van der Waals surface area contributed by atoms with Gasteiger partial charge in [0.2, 0.25) is 0 Å². The Balaban J connectivity index is 1.31. The maximum Gasteiger partial charge on any atom is 0.509 e. The summed E-state index contributed by atoms with van der Waals surface area (Å²) in [7, 11) is 2.97. The molecule has 0 aromatic heterocycles. The first kappa shape index (κ1) is 41.0. The van der Waals surface area contributed by atoms with E-state index in [-0.39, 0.29) is 55.2 Å². The van der Waals surface area contributed by atoms with Gasteiger partial charge in [0.15, 0.2) is 24.0 Å². The third kappa shape index (κ3) is 8.84. The van der Waals surface area contributed by atoms with Gasteiger partial charge < -0.3 is 57.6 Å². The molecule has 0 radical (unpaired) electrons. The van der Waals surface area contributed by atoms with Crippen LogP contribution in [0.5, 0.6) is 0 Å². The van der Waals surface area contributed by atoms with Crippen LogP contribution in [0.2, 0.25) is 0 Å². The molecule has 15 heteroatoms. The molecule has 4 fully saturated rings. The zero-order chi connectivity index (χ0) is 38.1. The summed E-state index contributed by atoms with van der Waals surface area (Å²) in [6, 6.07) is 0. The fourth-order valence-corrected chi connectivity index (χ4v) is 8.26. The largest absolute Gasteiger partial charge is 0.509 e. The van der Waals surface area contributed by atoms with Gasteiger partial charge in [0.05, 0.1) is 31.0 Å². The third-order valence-corrected chi connectivity index (χ3v) is 11.5. The Morgan fingerprint density at radius 3 is 2.21 bits per heavy atom. The lowest BCUT2D eigenvalue weighted by Gasteiger charge is -2.46. The second-order valence-electron chi connectivity index (χ2n) is 15.4. The van der Waals surface area contributed by atoms with E-state index in [4.69, 9.17) is 47.4 Å². The molecule has 0 aliphatic carbocycles. The summed E-state index contributed by atoms with van der Waals surface area (Å²) in [6.45, 7) is 12.8. The maximum absolute atomic E-state index is 13.4. The second kappa shape index (κ2) is 17.1. The normalized spacial score (nSPS) is 47.8. The van der Waals surface area contributed by atoms with Gasteiger partial charge in [-0.15, -0.1) is 0 Å². The van der Waals surface area contributed by atoms with Crippen LogP contribution in [0.1, 0.15) is 74.1 Å². The number of cyclic esters (lactones) is 2. The van der Waals surface area contributed by atoms with Crippen molar-refractivity contribution in [2.24, 2.45) is 23.7 Å². The molecule has 0 aromatic carbocycles. The second-order valence-corrected chi connectivity index (χ2v) is 15.4. The summed E-state index contributed by atoms with van der Waals surface area (Å²) >= 11 is 0. The topological polar surface area (TPSA) is 187 Å². The Kier molecular flexibility index (Phi) is 13.4. The summed E-state index contributed by atoms with van der Waals surface area (Å²) in [5.74, 6) is -1.71. The highest BCUT2D eigenvalue weighted by Crippen LogP contribution is 2.43. The Hall–Kier alpha value is -2.21. The van der Waals surface area contributed by atoms with Crippen molar-refractivity contribution in [3.63, 3.8) is 0 Å². The van der Waals surface area contributed by atoms with Crippen molar-refractivity contribution < 1.29 is 72.0 Å². The molecular weight excluding hydrogens is 684 g/mol. The summed E-state index contributed by atoms with van der Waals surface area (Å²) in [5.41, 5.74) is -1.33. The van der Waals surface area contributed by atoms with Gasteiger partial charge in [-0.3, -0.25) is 9.59 Å². The number of aliphatic hydroxyl groups is 2. The molecule has 5 aliphatic rings. The molecular formula is C37H58O15. The van der Waals surface area contributed by atoms with Gasteiger partial charge in [-0.2, -0.15) is 0 Å². The quantitative estimate of drug-likeness (QED) is 0.286. The standard InChI is InChI=1S/C37H58O15/c1-17-10-13-27(39)47-21(5)24(16-45-34-32(44-9)31(43-8)28(40)22(6)48-34)30-26(50-30)12-11-25(38)18(2)14-19(3)29(17)51-35-33(41)37(15-20(4)46-35)23(7)49-36(42)52-37/h11-12,17-24,26,28-35,40-41H,10,13-16H2,1-9H3. The lowest BCUT2D eigenvalue weighted by Crippen LogP contribution is -2.62. The number of allylic oxidation sites excluding steroid dienone is 1. The Bertz CT molecular complexity index is 1280. The van der Waals surface area contributed by atoms with Gasteiger partial charge >= 0.3 is 12.1 Å². The first-order chi connectivity index (χ1) is 24.6. The molecule has 0 saturated carbocycles. The molecule has 18 unspecified atom stereocenters. The van der Waals surface area contributed by atoms with Crippen LogP contribution in [-0.2, 0) is 57.0 Å². The third-order valence-electron chi connectivity index (χ3n) is 11.5. The van der Waals surface area contributed by atoms with Crippen molar-refractivity contribution >= 4 is 17.9 Å². The molecule has 1 spiro atoms. The number of aliphatic hydroxyl groups excluding tert-OH is 2. The lowest BCUT2D eigenvalue weighted by atomic mass is 9.81. The van der Waals surface area contributed by atoms with Crippen molar-refractivity contribution in [3.8, 4) is 0 Å². The Morgan fingerprint density at radius 1 is 0.846 bits per heavy atom.